The number of thiocarbonyl (C=S) groups is 1. The number of carboxylic acids is 1. The summed E-state index contributed by atoms with van der Waals surface area (Å²) in [7, 11) is 0. The molecule has 2 aromatic carbocycles. The smallest absolute Gasteiger partial charge is 0.270 e. The highest BCUT2D eigenvalue weighted by molar-refractivity contribution is 7.80. The molecule has 1 aliphatic heterocycles. The summed E-state index contributed by atoms with van der Waals surface area (Å²) in [5, 5.41) is 13.0. The van der Waals surface area contributed by atoms with Gasteiger partial charge in [0.15, 0.2) is 10.9 Å². The minimum atomic E-state index is -1.45. The first-order chi connectivity index (χ1) is 15.2. The minimum absolute atomic E-state index is 0.00634. The molecule has 0 radical (unpaired) electrons. The SMILES string of the molecule is CCOc1ccc(N2C(=O)/C(=C\c3cc(Cl)c(OCC(=O)[O-])c(Cl)c3)C(=O)NC2=S)cc1. The van der Waals surface area contributed by atoms with E-state index in [1.165, 1.54) is 23.1 Å². The van der Waals surface area contributed by atoms with E-state index in [4.69, 9.17) is 44.9 Å². The van der Waals surface area contributed by atoms with E-state index in [0.717, 1.165) is 0 Å². The van der Waals surface area contributed by atoms with Crippen LogP contribution in [0.1, 0.15) is 12.5 Å². The maximum absolute atomic E-state index is 13.1. The van der Waals surface area contributed by atoms with Crippen molar-refractivity contribution in [2.24, 2.45) is 0 Å². The van der Waals surface area contributed by atoms with Crippen LogP contribution < -0.4 is 24.8 Å². The van der Waals surface area contributed by atoms with E-state index >= 15 is 0 Å². The standard InChI is InChI=1S/C21H16Cl2N2O6S/c1-2-30-13-5-3-12(4-6-13)25-20(29)14(19(28)24-21(25)32)7-11-8-15(22)18(16(23)9-11)31-10-17(26)27/h3-9H,2,10H2,1H3,(H,26,27)(H,24,28,32)/p-1/b14-7-. The molecule has 1 fully saturated rings. The number of carbonyl (C=O) groups excluding carboxylic acids is 3. The zero-order valence-electron chi connectivity index (χ0n) is 16.5. The third-order valence-electron chi connectivity index (χ3n) is 4.17. The molecule has 1 aliphatic rings. The summed E-state index contributed by atoms with van der Waals surface area (Å²) in [5.74, 6) is -2.22. The van der Waals surface area contributed by atoms with Crippen LogP contribution in [0.5, 0.6) is 11.5 Å². The van der Waals surface area contributed by atoms with Crippen molar-refractivity contribution < 1.29 is 29.0 Å². The summed E-state index contributed by atoms with van der Waals surface area (Å²) in [6.45, 7) is 1.60. The number of benzene rings is 2. The summed E-state index contributed by atoms with van der Waals surface area (Å²) in [4.78, 5) is 37.3. The van der Waals surface area contributed by atoms with Gasteiger partial charge in [-0.25, -0.2) is 0 Å². The number of hydrogen-bond acceptors (Lipinski definition) is 7. The Kier molecular flexibility index (Phi) is 7.34. The number of hydrogen-bond donors (Lipinski definition) is 1. The lowest BCUT2D eigenvalue weighted by Gasteiger charge is -2.29. The number of anilines is 1. The molecule has 0 atom stereocenters. The summed E-state index contributed by atoms with van der Waals surface area (Å²) in [5.41, 5.74) is 0.554. The molecule has 0 spiro atoms. The highest BCUT2D eigenvalue weighted by Crippen LogP contribution is 2.35. The van der Waals surface area contributed by atoms with E-state index in [2.05, 4.69) is 5.32 Å². The third-order valence-corrected chi connectivity index (χ3v) is 5.02. The Balaban J connectivity index is 1.93. The van der Waals surface area contributed by atoms with Crippen molar-refractivity contribution in [1.82, 2.24) is 5.32 Å². The fourth-order valence-electron chi connectivity index (χ4n) is 2.85. The highest BCUT2D eigenvalue weighted by Gasteiger charge is 2.34. The topological polar surface area (TPSA) is 108 Å². The van der Waals surface area contributed by atoms with Gasteiger partial charge < -0.3 is 19.4 Å². The van der Waals surface area contributed by atoms with Gasteiger partial charge in [0.25, 0.3) is 11.8 Å². The molecule has 32 heavy (non-hydrogen) atoms. The molecule has 0 aromatic heterocycles. The molecule has 1 heterocycles. The number of nitrogens with one attached hydrogen (secondary N) is 1. The number of aliphatic carboxylic acids is 1. The molecular weight excluding hydrogens is 479 g/mol. The molecule has 0 saturated carbocycles. The van der Waals surface area contributed by atoms with Crippen LogP contribution in [0.3, 0.4) is 0 Å². The Morgan fingerprint density at radius 1 is 1.16 bits per heavy atom. The molecule has 2 aromatic rings. The van der Waals surface area contributed by atoms with Gasteiger partial charge in [-0.2, -0.15) is 0 Å². The second kappa shape index (κ2) is 9.99. The average molecular weight is 494 g/mol. The number of nitrogens with zero attached hydrogens (tertiary/aromatic N) is 1. The highest BCUT2D eigenvalue weighted by atomic mass is 35.5. The van der Waals surface area contributed by atoms with E-state index in [1.54, 1.807) is 24.3 Å². The largest absolute Gasteiger partial charge is 0.546 e. The van der Waals surface area contributed by atoms with Gasteiger partial charge in [0, 0.05) is 0 Å². The Morgan fingerprint density at radius 3 is 2.34 bits per heavy atom. The van der Waals surface area contributed by atoms with E-state index in [1.807, 2.05) is 6.92 Å². The summed E-state index contributed by atoms with van der Waals surface area (Å²) >= 11 is 17.4. The molecule has 0 bridgehead atoms. The number of carboxylic acid groups (broad SMARTS) is 1. The molecule has 3 rings (SSSR count). The normalized spacial score (nSPS) is 15.0. The number of ether oxygens (including phenoxy) is 2. The van der Waals surface area contributed by atoms with Crippen molar-refractivity contribution >= 4 is 70.1 Å². The van der Waals surface area contributed by atoms with Crippen molar-refractivity contribution in [3.63, 3.8) is 0 Å². The van der Waals surface area contributed by atoms with E-state index in [9.17, 15) is 19.5 Å². The van der Waals surface area contributed by atoms with Gasteiger partial charge in [0.2, 0.25) is 0 Å². The predicted molar refractivity (Wildman–Crippen MR) is 121 cm³/mol. The number of carbonyl (C=O) groups is 3. The van der Waals surface area contributed by atoms with E-state index in [-0.39, 0.29) is 26.5 Å². The van der Waals surface area contributed by atoms with Crippen LogP contribution in [0.25, 0.3) is 6.08 Å². The lowest BCUT2D eigenvalue weighted by molar-refractivity contribution is -0.307. The van der Waals surface area contributed by atoms with Crippen molar-refractivity contribution in [2.75, 3.05) is 18.1 Å². The summed E-state index contributed by atoms with van der Waals surface area (Å²) < 4.78 is 10.4. The molecule has 8 nitrogen and oxygen atoms in total. The fourth-order valence-corrected chi connectivity index (χ4v) is 3.74. The minimum Gasteiger partial charge on any atom is -0.546 e. The van der Waals surface area contributed by atoms with Crippen LogP contribution in [0.2, 0.25) is 10.0 Å². The van der Waals surface area contributed by atoms with E-state index < -0.39 is 24.4 Å². The van der Waals surface area contributed by atoms with Gasteiger partial charge in [-0.05, 0) is 67.2 Å². The molecule has 166 valence electrons. The second-order valence-corrected chi connectivity index (χ2v) is 7.56. The maximum Gasteiger partial charge on any atom is 0.270 e. The van der Waals surface area contributed by atoms with E-state index in [0.29, 0.717) is 23.6 Å². The quantitative estimate of drug-likeness (QED) is 0.358. The summed E-state index contributed by atoms with van der Waals surface area (Å²) in [6.07, 6.45) is 1.29. The van der Waals surface area contributed by atoms with Crippen LogP contribution in [0.15, 0.2) is 42.0 Å². The van der Waals surface area contributed by atoms with Crippen molar-refractivity contribution in [3.8, 4) is 11.5 Å². The van der Waals surface area contributed by atoms with Crippen LogP contribution in [0, 0.1) is 0 Å². The van der Waals surface area contributed by atoms with Crippen molar-refractivity contribution in [2.45, 2.75) is 6.92 Å². The van der Waals surface area contributed by atoms with Crippen molar-refractivity contribution in [3.05, 3.63) is 57.6 Å². The Morgan fingerprint density at radius 2 is 1.78 bits per heavy atom. The van der Waals surface area contributed by atoms with Crippen LogP contribution >= 0.6 is 35.4 Å². The number of halogens is 2. The number of rotatable bonds is 7. The maximum atomic E-state index is 13.1. The molecule has 0 aliphatic carbocycles. The number of amides is 2. The monoisotopic (exact) mass is 493 g/mol. The molecular formula is C21H15Cl2N2O6S-. The molecule has 2 amide bonds. The second-order valence-electron chi connectivity index (χ2n) is 6.36. The predicted octanol–water partition coefficient (Wildman–Crippen LogP) is 2.35. The lowest BCUT2D eigenvalue weighted by Crippen LogP contribution is -2.54. The van der Waals surface area contributed by atoms with Crippen LogP contribution in [0.4, 0.5) is 5.69 Å². The van der Waals surface area contributed by atoms with Crippen LogP contribution in [-0.4, -0.2) is 36.1 Å². The van der Waals surface area contributed by atoms with Gasteiger partial charge in [0.1, 0.15) is 17.9 Å². The zero-order chi connectivity index (χ0) is 23.4. The average Bonchev–Trinajstić information content (AvgIpc) is 2.71. The van der Waals surface area contributed by atoms with Crippen LogP contribution in [-0.2, 0) is 14.4 Å². The summed E-state index contributed by atoms with van der Waals surface area (Å²) in [6, 6.07) is 9.39. The Labute approximate surface area is 198 Å². The zero-order valence-corrected chi connectivity index (χ0v) is 18.8. The van der Waals surface area contributed by atoms with Gasteiger partial charge in [-0.1, -0.05) is 23.2 Å². The van der Waals surface area contributed by atoms with Crippen molar-refractivity contribution in [1.29, 1.82) is 0 Å². The molecule has 1 saturated heterocycles. The molecule has 0 unspecified atom stereocenters. The Bertz CT molecular complexity index is 1110. The molecule has 11 heteroatoms. The van der Waals surface area contributed by atoms with Gasteiger partial charge in [0.05, 0.1) is 28.3 Å². The van der Waals surface area contributed by atoms with Gasteiger partial charge in [-0.3, -0.25) is 19.8 Å². The first-order valence-electron chi connectivity index (χ1n) is 9.17. The Hall–Kier alpha value is -3.14. The lowest BCUT2D eigenvalue weighted by atomic mass is 10.1. The first-order valence-corrected chi connectivity index (χ1v) is 10.3. The third kappa shape index (κ3) is 5.18. The van der Waals surface area contributed by atoms with Gasteiger partial charge in [-0.15, -0.1) is 0 Å². The fraction of sp³-hybridized carbons (Fsp3) is 0.143. The van der Waals surface area contributed by atoms with Gasteiger partial charge >= 0.3 is 0 Å². The molecule has 1 N–H and O–H groups in total. The first kappa shape index (κ1) is 23.5.